The Morgan fingerprint density at radius 2 is 1.00 bits per heavy atom. The summed E-state index contributed by atoms with van der Waals surface area (Å²) in [5, 5.41) is 0. The monoisotopic (exact) mass is 366 g/mol. The van der Waals surface area contributed by atoms with Gasteiger partial charge in [0.1, 0.15) is 0 Å². The Kier molecular flexibility index (Phi) is 4.60. The molecule has 1 fully saturated rings. The summed E-state index contributed by atoms with van der Waals surface area (Å²) < 4.78 is 127. The van der Waals surface area contributed by atoms with Crippen LogP contribution in [-0.2, 0) is 28.6 Å². The molecule has 1 saturated heterocycles. The molecule has 0 N–H and O–H groups in total. The van der Waals surface area contributed by atoms with E-state index in [1.165, 1.54) is 0 Å². The lowest BCUT2D eigenvalue weighted by Crippen LogP contribution is -2.62. The van der Waals surface area contributed by atoms with E-state index in [9.17, 15) is 43.2 Å². The van der Waals surface area contributed by atoms with Gasteiger partial charge < -0.3 is 0 Å². The molecule has 0 bridgehead atoms. The molecular weight excluding hydrogens is 358 g/mol. The fourth-order valence-electron chi connectivity index (χ4n) is 1.36. The van der Waals surface area contributed by atoms with Crippen LogP contribution in [0.25, 0.3) is 0 Å². The Morgan fingerprint density at radius 3 is 1.24 bits per heavy atom. The Morgan fingerprint density at radius 1 is 0.714 bits per heavy atom. The molecule has 126 valence electrons. The third-order valence-electron chi connectivity index (χ3n) is 2.27. The van der Waals surface area contributed by atoms with Crippen LogP contribution in [0.4, 0.5) is 26.3 Å². The summed E-state index contributed by atoms with van der Waals surface area (Å²) in [4.78, 5) is 0. The number of alkyl halides is 6. The summed E-state index contributed by atoms with van der Waals surface area (Å²) in [5.41, 5.74) is 0. The third-order valence-corrected chi connectivity index (χ3v) is 4.83. The predicted molar refractivity (Wildman–Crippen MR) is 53.8 cm³/mol. The SMILES string of the molecule is O=S1(=O)CCCCS(=O)(=O)OC(C(F)(F)F)(C(F)(F)F)O1. The molecule has 0 aromatic carbocycles. The van der Waals surface area contributed by atoms with Crippen LogP contribution in [0.1, 0.15) is 12.8 Å². The zero-order chi connectivity index (χ0) is 16.7. The minimum atomic E-state index is -6.49. The lowest BCUT2D eigenvalue weighted by atomic mass is 10.3. The van der Waals surface area contributed by atoms with Crippen LogP contribution in [0.5, 0.6) is 0 Å². The molecule has 1 aliphatic heterocycles. The van der Waals surface area contributed by atoms with Crippen LogP contribution >= 0.6 is 0 Å². The van der Waals surface area contributed by atoms with Gasteiger partial charge in [-0.2, -0.15) is 43.2 Å². The van der Waals surface area contributed by atoms with Gasteiger partial charge in [0.05, 0.1) is 11.5 Å². The zero-order valence-electron chi connectivity index (χ0n) is 9.86. The van der Waals surface area contributed by atoms with Gasteiger partial charge in [0.15, 0.2) is 0 Å². The largest absolute Gasteiger partial charge is 0.455 e. The van der Waals surface area contributed by atoms with Gasteiger partial charge in [0.2, 0.25) is 0 Å². The number of hydrogen-bond donors (Lipinski definition) is 0. The maximum absolute atomic E-state index is 12.7. The molecule has 0 unspecified atom stereocenters. The normalized spacial score (nSPS) is 26.4. The summed E-state index contributed by atoms with van der Waals surface area (Å²) in [6.07, 6.45) is -14.0. The van der Waals surface area contributed by atoms with Gasteiger partial charge in [0, 0.05) is 0 Å². The molecule has 1 aliphatic rings. The second-order valence-corrected chi connectivity index (χ2v) is 7.39. The molecule has 0 saturated carbocycles. The Hall–Kier alpha value is -0.600. The fraction of sp³-hybridized carbons (Fsp3) is 1.00. The van der Waals surface area contributed by atoms with E-state index in [0.29, 0.717) is 0 Å². The van der Waals surface area contributed by atoms with Crippen molar-refractivity contribution in [2.75, 3.05) is 11.5 Å². The minimum Gasteiger partial charge on any atom is -0.215 e. The highest BCUT2D eigenvalue weighted by atomic mass is 32.2. The van der Waals surface area contributed by atoms with Crippen LogP contribution in [0.15, 0.2) is 0 Å². The van der Waals surface area contributed by atoms with Crippen LogP contribution in [0.3, 0.4) is 0 Å². The van der Waals surface area contributed by atoms with Gasteiger partial charge in [-0.25, -0.2) is 8.37 Å². The third kappa shape index (κ3) is 3.98. The van der Waals surface area contributed by atoms with Gasteiger partial charge in [-0.1, -0.05) is 0 Å². The zero-order valence-corrected chi connectivity index (χ0v) is 11.5. The molecule has 0 amide bonds. The maximum atomic E-state index is 12.7. The van der Waals surface area contributed by atoms with Gasteiger partial charge in [-0.15, -0.1) is 0 Å². The van der Waals surface area contributed by atoms with Crippen molar-refractivity contribution >= 4 is 20.2 Å². The second-order valence-electron chi connectivity index (χ2n) is 4.01. The average molecular weight is 366 g/mol. The molecule has 14 heteroatoms. The van der Waals surface area contributed by atoms with Gasteiger partial charge in [0.25, 0.3) is 20.2 Å². The van der Waals surface area contributed by atoms with Crippen LogP contribution < -0.4 is 0 Å². The van der Waals surface area contributed by atoms with Crippen molar-refractivity contribution in [2.45, 2.75) is 31.0 Å². The summed E-state index contributed by atoms with van der Waals surface area (Å²) >= 11 is 0. The summed E-state index contributed by atoms with van der Waals surface area (Å²) in [7, 11) is -10.6. The summed E-state index contributed by atoms with van der Waals surface area (Å²) in [6.45, 7) is 0. The second kappa shape index (κ2) is 5.24. The fourth-order valence-corrected chi connectivity index (χ4v) is 3.85. The molecule has 21 heavy (non-hydrogen) atoms. The van der Waals surface area contributed by atoms with Crippen molar-refractivity contribution in [1.29, 1.82) is 0 Å². The first kappa shape index (κ1) is 18.4. The van der Waals surface area contributed by atoms with Crippen LogP contribution in [0.2, 0.25) is 0 Å². The standard InChI is InChI=1S/C7H8F6O6S2/c8-6(9,10)5(7(11,12)13)18-20(14,15)3-1-2-4-21(16,17)19-5/h1-4H2. The highest BCUT2D eigenvalue weighted by Crippen LogP contribution is 2.49. The van der Waals surface area contributed by atoms with Gasteiger partial charge in [-0.05, 0) is 12.8 Å². The van der Waals surface area contributed by atoms with Crippen molar-refractivity contribution in [3.05, 3.63) is 0 Å². The van der Waals surface area contributed by atoms with Crippen molar-refractivity contribution < 1.29 is 51.5 Å². The summed E-state index contributed by atoms with van der Waals surface area (Å²) in [5.74, 6) is -8.21. The predicted octanol–water partition coefficient (Wildman–Crippen LogP) is 1.29. The van der Waals surface area contributed by atoms with Crippen LogP contribution in [-0.4, -0.2) is 46.5 Å². The lowest BCUT2D eigenvalue weighted by Gasteiger charge is -2.34. The highest BCUT2D eigenvalue weighted by Gasteiger charge is 2.78. The lowest BCUT2D eigenvalue weighted by molar-refractivity contribution is -0.420. The number of rotatable bonds is 0. The first-order valence-corrected chi connectivity index (χ1v) is 8.27. The van der Waals surface area contributed by atoms with E-state index < -0.39 is 62.7 Å². The molecular formula is C7H8F6O6S2. The van der Waals surface area contributed by atoms with Gasteiger partial charge in [-0.3, -0.25) is 0 Å². The number of halogens is 6. The van der Waals surface area contributed by atoms with E-state index in [4.69, 9.17) is 0 Å². The number of hydrogen-bond acceptors (Lipinski definition) is 6. The van der Waals surface area contributed by atoms with Crippen molar-refractivity contribution in [2.24, 2.45) is 0 Å². The van der Waals surface area contributed by atoms with E-state index >= 15 is 0 Å². The molecule has 0 aromatic heterocycles. The molecule has 6 nitrogen and oxygen atoms in total. The molecule has 0 radical (unpaired) electrons. The van der Waals surface area contributed by atoms with Crippen molar-refractivity contribution in [1.82, 2.24) is 0 Å². The molecule has 1 rings (SSSR count). The van der Waals surface area contributed by atoms with E-state index in [0.717, 1.165) is 0 Å². The smallest absolute Gasteiger partial charge is 0.215 e. The van der Waals surface area contributed by atoms with E-state index in [1.54, 1.807) is 0 Å². The first-order valence-electron chi connectivity index (χ1n) is 5.12. The molecule has 0 aromatic rings. The van der Waals surface area contributed by atoms with Crippen molar-refractivity contribution in [3.63, 3.8) is 0 Å². The van der Waals surface area contributed by atoms with Crippen LogP contribution in [0, 0.1) is 0 Å². The maximum Gasteiger partial charge on any atom is 0.455 e. The van der Waals surface area contributed by atoms with E-state index in [2.05, 4.69) is 8.37 Å². The quantitative estimate of drug-likeness (QED) is 0.474. The molecule has 0 aliphatic carbocycles. The Balaban J connectivity index is 3.58. The Labute approximate surface area is 115 Å². The van der Waals surface area contributed by atoms with Gasteiger partial charge >= 0.3 is 18.1 Å². The topological polar surface area (TPSA) is 86.7 Å². The first-order chi connectivity index (χ1) is 9.12. The highest BCUT2D eigenvalue weighted by molar-refractivity contribution is 7.87. The molecule has 0 atom stereocenters. The Bertz CT molecular complexity index is 534. The summed E-state index contributed by atoms with van der Waals surface area (Å²) in [6, 6.07) is 0. The van der Waals surface area contributed by atoms with E-state index in [1.807, 2.05) is 0 Å². The van der Waals surface area contributed by atoms with Crippen molar-refractivity contribution in [3.8, 4) is 0 Å². The van der Waals surface area contributed by atoms with E-state index in [-0.39, 0.29) is 0 Å². The molecule has 1 heterocycles. The average Bonchev–Trinajstić information content (AvgIpc) is 2.23. The molecule has 0 spiro atoms. The minimum absolute atomic E-state index is 0.503.